The molecule has 1 aromatic heterocycles. The van der Waals surface area contributed by atoms with Crippen LogP contribution in [0.15, 0.2) is 6.33 Å². The Bertz CT molecular complexity index is 598. The monoisotopic (exact) mass is 363 g/mol. The van der Waals surface area contributed by atoms with Gasteiger partial charge in [0, 0.05) is 5.54 Å². The summed E-state index contributed by atoms with van der Waals surface area (Å²) >= 11 is 11.4. The second-order valence-corrected chi connectivity index (χ2v) is 6.00. The van der Waals surface area contributed by atoms with Crippen molar-refractivity contribution in [3.63, 3.8) is 0 Å². The minimum atomic E-state index is -0.812. The van der Waals surface area contributed by atoms with E-state index < -0.39 is 30.1 Å². The van der Waals surface area contributed by atoms with Gasteiger partial charge in [-0.25, -0.2) is 14.8 Å². The van der Waals surface area contributed by atoms with Crippen molar-refractivity contribution in [2.45, 2.75) is 26.3 Å². The first-order valence-corrected chi connectivity index (χ1v) is 7.06. The number of carbonyl (C=O) groups is 3. The number of ether oxygens (including phenoxy) is 1. The number of nitrogens with zero attached hydrogens (tertiary/aromatic N) is 2. The quantitative estimate of drug-likeness (QED) is 0.545. The summed E-state index contributed by atoms with van der Waals surface area (Å²) in [4.78, 5) is 41.9. The standard InChI is InChI=1S/C12H15Cl2N5O4/c1-12(2,3)17-11(22)23-4-6(20)18-19-10(21)7-8(13)15-5-16-9(7)14/h5H,4H2,1-3H3,(H,17,22)(H,18,20)(H,19,21). The Kier molecular flexibility index (Phi) is 6.52. The van der Waals surface area contributed by atoms with Crippen LogP contribution in [-0.4, -0.2) is 40.0 Å². The zero-order valence-corrected chi connectivity index (χ0v) is 14.1. The van der Waals surface area contributed by atoms with E-state index in [-0.39, 0.29) is 15.9 Å². The number of hydrazine groups is 1. The van der Waals surface area contributed by atoms with Crippen LogP contribution in [0.4, 0.5) is 4.79 Å². The second kappa shape index (κ2) is 7.93. The van der Waals surface area contributed by atoms with Gasteiger partial charge in [-0.1, -0.05) is 23.2 Å². The molecular formula is C12H15Cl2N5O4. The number of hydrogen-bond donors (Lipinski definition) is 3. The maximum Gasteiger partial charge on any atom is 0.408 e. The molecule has 0 spiro atoms. The van der Waals surface area contributed by atoms with Gasteiger partial charge in [-0.15, -0.1) is 0 Å². The van der Waals surface area contributed by atoms with Crippen molar-refractivity contribution >= 4 is 41.1 Å². The van der Waals surface area contributed by atoms with Gasteiger partial charge in [-0.05, 0) is 20.8 Å². The molecule has 1 aromatic rings. The zero-order valence-electron chi connectivity index (χ0n) is 12.6. The molecule has 3 N–H and O–H groups in total. The van der Waals surface area contributed by atoms with E-state index in [9.17, 15) is 14.4 Å². The van der Waals surface area contributed by atoms with Gasteiger partial charge in [0.2, 0.25) is 0 Å². The molecule has 9 nitrogen and oxygen atoms in total. The lowest BCUT2D eigenvalue weighted by Gasteiger charge is -2.19. The van der Waals surface area contributed by atoms with Crippen LogP contribution in [0, 0.1) is 0 Å². The van der Waals surface area contributed by atoms with Crippen molar-refractivity contribution in [3.05, 3.63) is 22.2 Å². The van der Waals surface area contributed by atoms with Crippen LogP contribution in [0.2, 0.25) is 10.3 Å². The SMILES string of the molecule is CC(C)(C)NC(=O)OCC(=O)NNC(=O)c1c(Cl)ncnc1Cl. The Labute approximate surface area is 142 Å². The first-order valence-electron chi connectivity index (χ1n) is 6.30. The number of carbonyl (C=O) groups excluding carboxylic acids is 3. The van der Waals surface area contributed by atoms with Crippen LogP contribution in [0.25, 0.3) is 0 Å². The first kappa shape index (κ1) is 18.9. The molecule has 0 aliphatic carbocycles. The third-order valence-corrected chi connectivity index (χ3v) is 2.68. The Morgan fingerprint density at radius 3 is 2.22 bits per heavy atom. The number of amides is 3. The van der Waals surface area contributed by atoms with E-state index in [0.29, 0.717) is 0 Å². The summed E-state index contributed by atoms with van der Waals surface area (Å²) in [5.74, 6) is -1.57. The van der Waals surface area contributed by atoms with Gasteiger partial charge in [0.25, 0.3) is 11.8 Å². The lowest BCUT2D eigenvalue weighted by molar-refractivity contribution is -0.124. The van der Waals surface area contributed by atoms with Crippen LogP contribution in [0.1, 0.15) is 31.1 Å². The molecule has 1 rings (SSSR count). The predicted molar refractivity (Wildman–Crippen MR) is 81.9 cm³/mol. The molecule has 0 unspecified atom stereocenters. The fourth-order valence-electron chi connectivity index (χ4n) is 1.23. The molecule has 23 heavy (non-hydrogen) atoms. The molecule has 0 aliphatic rings. The number of halogens is 2. The van der Waals surface area contributed by atoms with Gasteiger partial charge in [0.1, 0.15) is 22.2 Å². The summed E-state index contributed by atoms with van der Waals surface area (Å²) in [6, 6.07) is 0. The number of hydrogen-bond acceptors (Lipinski definition) is 6. The molecule has 0 bridgehead atoms. The highest BCUT2D eigenvalue weighted by atomic mass is 35.5. The van der Waals surface area contributed by atoms with Gasteiger partial charge < -0.3 is 10.1 Å². The van der Waals surface area contributed by atoms with Crippen LogP contribution >= 0.6 is 23.2 Å². The number of nitrogens with one attached hydrogen (secondary N) is 3. The summed E-state index contributed by atoms with van der Waals surface area (Å²) < 4.78 is 4.68. The molecule has 0 saturated carbocycles. The average molecular weight is 364 g/mol. The number of alkyl carbamates (subject to hydrolysis) is 1. The van der Waals surface area contributed by atoms with Gasteiger partial charge in [0.05, 0.1) is 0 Å². The Morgan fingerprint density at radius 1 is 1.13 bits per heavy atom. The van der Waals surface area contributed by atoms with E-state index in [1.165, 1.54) is 0 Å². The van der Waals surface area contributed by atoms with E-state index in [1.54, 1.807) is 20.8 Å². The summed E-state index contributed by atoms with van der Waals surface area (Å²) in [5.41, 5.74) is 3.40. The summed E-state index contributed by atoms with van der Waals surface area (Å²) in [6.07, 6.45) is 0.323. The van der Waals surface area contributed by atoms with E-state index in [1.807, 2.05) is 5.43 Å². The Hall–Kier alpha value is -2.13. The highest BCUT2D eigenvalue weighted by Crippen LogP contribution is 2.18. The fraction of sp³-hybridized carbons (Fsp3) is 0.417. The maximum absolute atomic E-state index is 11.8. The van der Waals surface area contributed by atoms with E-state index in [2.05, 4.69) is 25.4 Å². The highest BCUT2D eigenvalue weighted by molar-refractivity contribution is 6.38. The van der Waals surface area contributed by atoms with Crippen LogP contribution in [0.3, 0.4) is 0 Å². The smallest absolute Gasteiger partial charge is 0.408 e. The normalized spacial score (nSPS) is 10.7. The van der Waals surface area contributed by atoms with Crippen molar-refractivity contribution < 1.29 is 19.1 Å². The Balaban J connectivity index is 2.45. The minimum absolute atomic E-state index is 0.169. The third-order valence-electron chi connectivity index (χ3n) is 2.11. The second-order valence-electron chi connectivity index (χ2n) is 5.28. The molecule has 0 aliphatic heterocycles. The van der Waals surface area contributed by atoms with Gasteiger partial charge in [0.15, 0.2) is 6.61 Å². The zero-order chi connectivity index (χ0) is 17.6. The highest BCUT2D eigenvalue weighted by Gasteiger charge is 2.18. The number of aromatic nitrogens is 2. The molecule has 0 radical (unpaired) electrons. The fourth-order valence-corrected chi connectivity index (χ4v) is 1.72. The molecule has 0 aromatic carbocycles. The molecule has 0 saturated heterocycles. The Morgan fingerprint density at radius 2 is 1.70 bits per heavy atom. The van der Waals surface area contributed by atoms with E-state index in [0.717, 1.165) is 6.33 Å². The van der Waals surface area contributed by atoms with Crippen molar-refractivity contribution in [1.82, 2.24) is 26.1 Å². The topological polar surface area (TPSA) is 122 Å². The molecule has 1 heterocycles. The lowest BCUT2D eigenvalue weighted by atomic mass is 10.1. The summed E-state index contributed by atoms with van der Waals surface area (Å²) in [7, 11) is 0. The third kappa shape index (κ3) is 6.66. The van der Waals surface area contributed by atoms with E-state index in [4.69, 9.17) is 23.2 Å². The van der Waals surface area contributed by atoms with Crippen molar-refractivity contribution in [1.29, 1.82) is 0 Å². The molecular weight excluding hydrogens is 349 g/mol. The van der Waals surface area contributed by atoms with E-state index >= 15 is 0 Å². The van der Waals surface area contributed by atoms with Crippen molar-refractivity contribution in [3.8, 4) is 0 Å². The molecule has 0 fully saturated rings. The number of rotatable bonds is 3. The molecule has 3 amide bonds. The van der Waals surface area contributed by atoms with Crippen LogP contribution in [-0.2, 0) is 9.53 Å². The van der Waals surface area contributed by atoms with Crippen LogP contribution < -0.4 is 16.2 Å². The summed E-state index contributed by atoms with van der Waals surface area (Å²) in [6.45, 7) is 4.67. The maximum atomic E-state index is 11.8. The molecule has 0 atom stereocenters. The minimum Gasteiger partial charge on any atom is -0.439 e. The molecule has 126 valence electrons. The van der Waals surface area contributed by atoms with Crippen LogP contribution in [0.5, 0.6) is 0 Å². The van der Waals surface area contributed by atoms with Gasteiger partial charge in [-0.2, -0.15) is 0 Å². The summed E-state index contributed by atoms with van der Waals surface area (Å²) in [5, 5.41) is 2.16. The van der Waals surface area contributed by atoms with Crippen molar-refractivity contribution in [2.75, 3.05) is 6.61 Å². The van der Waals surface area contributed by atoms with Gasteiger partial charge in [-0.3, -0.25) is 20.4 Å². The largest absolute Gasteiger partial charge is 0.439 e. The average Bonchev–Trinajstić information content (AvgIpc) is 2.41. The molecule has 11 heteroatoms. The first-order chi connectivity index (χ1) is 10.6. The lowest BCUT2D eigenvalue weighted by Crippen LogP contribution is -2.46. The predicted octanol–water partition coefficient (Wildman–Crippen LogP) is 1.07. The van der Waals surface area contributed by atoms with Crippen molar-refractivity contribution in [2.24, 2.45) is 0 Å². The van der Waals surface area contributed by atoms with Gasteiger partial charge >= 0.3 is 6.09 Å².